The number of rotatable bonds is 11. The standard InChI is InChI=1S/C13H28O5/c1-10(14)6-16-12(3)8-18-13(4)9-17-11(2)7-15-5/h10-14H,6-9H2,1-5H3. The average molecular weight is 264 g/mol. The van der Waals surface area contributed by atoms with Crippen LogP contribution in [0.2, 0.25) is 0 Å². The van der Waals surface area contributed by atoms with Crippen molar-refractivity contribution in [2.24, 2.45) is 0 Å². The Hall–Kier alpha value is -0.200. The number of aliphatic hydroxyl groups is 1. The summed E-state index contributed by atoms with van der Waals surface area (Å²) in [6.07, 6.45) is -0.381. The summed E-state index contributed by atoms with van der Waals surface area (Å²) in [7, 11) is 1.65. The van der Waals surface area contributed by atoms with Gasteiger partial charge in [0.25, 0.3) is 0 Å². The molecule has 0 spiro atoms. The zero-order valence-electron chi connectivity index (χ0n) is 12.2. The fourth-order valence-corrected chi connectivity index (χ4v) is 1.28. The van der Waals surface area contributed by atoms with Gasteiger partial charge in [-0.1, -0.05) is 0 Å². The van der Waals surface area contributed by atoms with Gasteiger partial charge in [0.1, 0.15) is 0 Å². The quantitative estimate of drug-likeness (QED) is 0.608. The molecule has 0 aliphatic rings. The molecule has 0 fully saturated rings. The monoisotopic (exact) mass is 264 g/mol. The topological polar surface area (TPSA) is 57.2 Å². The van der Waals surface area contributed by atoms with E-state index in [1.54, 1.807) is 14.0 Å². The Labute approximate surface area is 110 Å². The van der Waals surface area contributed by atoms with Crippen LogP contribution in [-0.4, -0.2) is 63.1 Å². The summed E-state index contributed by atoms with van der Waals surface area (Å²) in [6, 6.07) is 0. The molecule has 1 N–H and O–H groups in total. The van der Waals surface area contributed by atoms with E-state index in [4.69, 9.17) is 24.1 Å². The van der Waals surface area contributed by atoms with Crippen LogP contribution in [0.4, 0.5) is 0 Å². The number of aliphatic hydroxyl groups excluding tert-OH is 1. The molecule has 0 amide bonds. The lowest BCUT2D eigenvalue weighted by atomic mass is 10.3. The van der Waals surface area contributed by atoms with Gasteiger partial charge in [-0.3, -0.25) is 0 Å². The highest BCUT2D eigenvalue weighted by Crippen LogP contribution is 2.00. The maximum Gasteiger partial charge on any atom is 0.0781 e. The molecule has 0 saturated heterocycles. The minimum absolute atomic E-state index is 0.0157. The van der Waals surface area contributed by atoms with E-state index in [-0.39, 0.29) is 18.3 Å². The first-order valence-corrected chi connectivity index (χ1v) is 6.47. The van der Waals surface area contributed by atoms with Gasteiger partial charge in [0.2, 0.25) is 0 Å². The molecule has 0 saturated carbocycles. The SMILES string of the molecule is COCC(C)OCC(C)OCC(C)OCC(C)O. The highest BCUT2D eigenvalue weighted by Gasteiger charge is 2.10. The van der Waals surface area contributed by atoms with E-state index in [0.717, 1.165) is 0 Å². The van der Waals surface area contributed by atoms with Gasteiger partial charge in [0, 0.05) is 7.11 Å². The van der Waals surface area contributed by atoms with E-state index in [1.807, 2.05) is 20.8 Å². The first kappa shape index (κ1) is 17.8. The van der Waals surface area contributed by atoms with Crippen molar-refractivity contribution in [3.8, 4) is 0 Å². The molecule has 0 aliphatic carbocycles. The van der Waals surface area contributed by atoms with Crippen LogP contribution in [0.1, 0.15) is 27.7 Å². The molecule has 5 nitrogen and oxygen atoms in total. The second-order valence-electron chi connectivity index (χ2n) is 4.74. The van der Waals surface area contributed by atoms with Crippen LogP contribution < -0.4 is 0 Å². The Morgan fingerprint density at radius 2 is 1.11 bits per heavy atom. The zero-order valence-corrected chi connectivity index (χ0v) is 12.2. The predicted molar refractivity (Wildman–Crippen MR) is 69.8 cm³/mol. The maximum atomic E-state index is 9.08. The van der Waals surface area contributed by atoms with Crippen LogP contribution in [0.5, 0.6) is 0 Å². The highest BCUT2D eigenvalue weighted by atomic mass is 16.6. The Morgan fingerprint density at radius 1 is 0.722 bits per heavy atom. The lowest BCUT2D eigenvalue weighted by Gasteiger charge is -2.20. The van der Waals surface area contributed by atoms with Crippen molar-refractivity contribution in [2.75, 3.05) is 33.5 Å². The molecular weight excluding hydrogens is 236 g/mol. The van der Waals surface area contributed by atoms with Crippen molar-refractivity contribution >= 4 is 0 Å². The van der Waals surface area contributed by atoms with Crippen LogP contribution in [0.3, 0.4) is 0 Å². The van der Waals surface area contributed by atoms with Gasteiger partial charge >= 0.3 is 0 Å². The molecule has 0 aromatic heterocycles. The van der Waals surface area contributed by atoms with E-state index in [2.05, 4.69) is 0 Å². The first-order chi connectivity index (χ1) is 8.45. The van der Waals surface area contributed by atoms with Crippen molar-refractivity contribution in [1.82, 2.24) is 0 Å². The van der Waals surface area contributed by atoms with Crippen LogP contribution in [0.15, 0.2) is 0 Å². The molecule has 18 heavy (non-hydrogen) atoms. The fraction of sp³-hybridized carbons (Fsp3) is 1.00. The van der Waals surface area contributed by atoms with Crippen LogP contribution >= 0.6 is 0 Å². The third-order valence-electron chi connectivity index (χ3n) is 2.25. The van der Waals surface area contributed by atoms with E-state index < -0.39 is 6.10 Å². The number of hydrogen-bond acceptors (Lipinski definition) is 5. The minimum Gasteiger partial charge on any atom is -0.391 e. The summed E-state index contributed by atoms with van der Waals surface area (Å²) < 4.78 is 21.5. The molecule has 0 aliphatic heterocycles. The van der Waals surface area contributed by atoms with Gasteiger partial charge in [-0.25, -0.2) is 0 Å². The Kier molecular flexibility index (Phi) is 10.6. The van der Waals surface area contributed by atoms with Gasteiger partial charge in [0.15, 0.2) is 0 Å². The number of methoxy groups -OCH3 is 1. The third-order valence-corrected chi connectivity index (χ3v) is 2.25. The Morgan fingerprint density at radius 3 is 1.50 bits per heavy atom. The van der Waals surface area contributed by atoms with Crippen molar-refractivity contribution in [2.45, 2.75) is 52.1 Å². The molecule has 0 radical (unpaired) electrons. The van der Waals surface area contributed by atoms with Crippen LogP contribution in [-0.2, 0) is 18.9 Å². The van der Waals surface area contributed by atoms with Crippen molar-refractivity contribution < 1.29 is 24.1 Å². The fourth-order valence-electron chi connectivity index (χ4n) is 1.28. The second kappa shape index (κ2) is 10.7. The smallest absolute Gasteiger partial charge is 0.0781 e. The van der Waals surface area contributed by atoms with Gasteiger partial charge in [-0.2, -0.15) is 0 Å². The lowest BCUT2D eigenvalue weighted by Crippen LogP contribution is -2.27. The summed E-state index contributed by atoms with van der Waals surface area (Å²) in [4.78, 5) is 0. The number of ether oxygens (including phenoxy) is 4. The molecule has 0 rings (SSSR count). The zero-order chi connectivity index (χ0) is 14.0. The minimum atomic E-state index is -0.442. The highest BCUT2D eigenvalue weighted by molar-refractivity contribution is 4.55. The van der Waals surface area contributed by atoms with Crippen LogP contribution in [0.25, 0.3) is 0 Å². The first-order valence-electron chi connectivity index (χ1n) is 6.47. The molecule has 4 atom stereocenters. The van der Waals surface area contributed by atoms with Gasteiger partial charge in [-0.15, -0.1) is 0 Å². The molecule has 0 aromatic rings. The predicted octanol–water partition coefficient (Wildman–Crippen LogP) is 1.23. The third kappa shape index (κ3) is 10.9. The number of hydrogen-bond donors (Lipinski definition) is 1. The van der Waals surface area contributed by atoms with Gasteiger partial charge in [-0.05, 0) is 27.7 Å². The molecule has 0 aromatic carbocycles. The maximum absolute atomic E-state index is 9.08. The van der Waals surface area contributed by atoms with Crippen molar-refractivity contribution in [3.05, 3.63) is 0 Å². The second-order valence-corrected chi connectivity index (χ2v) is 4.74. The average Bonchev–Trinajstić information content (AvgIpc) is 2.31. The molecule has 4 unspecified atom stereocenters. The van der Waals surface area contributed by atoms with Crippen molar-refractivity contribution in [1.29, 1.82) is 0 Å². The Bertz CT molecular complexity index is 186. The van der Waals surface area contributed by atoms with E-state index in [0.29, 0.717) is 26.4 Å². The summed E-state index contributed by atoms with van der Waals surface area (Å²) in [5, 5.41) is 9.08. The molecular formula is C13H28O5. The van der Waals surface area contributed by atoms with Gasteiger partial charge in [0.05, 0.1) is 50.8 Å². The summed E-state index contributed by atoms with van der Waals surface area (Å²) in [6.45, 7) is 9.49. The summed E-state index contributed by atoms with van der Waals surface area (Å²) in [5.74, 6) is 0. The summed E-state index contributed by atoms with van der Waals surface area (Å²) >= 11 is 0. The van der Waals surface area contributed by atoms with E-state index >= 15 is 0 Å². The molecule has 5 heteroatoms. The largest absolute Gasteiger partial charge is 0.391 e. The van der Waals surface area contributed by atoms with Gasteiger partial charge < -0.3 is 24.1 Å². The molecule has 0 bridgehead atoms. The Balaban J connectivity index is 3.54. The van der Waals surface area contributed by atoms with E-state index in [9.17, 15) is 0 Å². The normalized spacial score (nSPS) is 18.3. The summed E-state index contributed by atoms with van der Waals surface area (Å²) in [5.41, 5.74) is 0. The van der Waals surface area contributed by atoms with Crippen molar-refractivity contribution in [3.63, 3.8) is 0 Å². The van der Waals surface area contributed by atoms with Crippen LogP contribution in [0, 0.1) is 0 Å². The molecule has 110 valence electrons. The van der Waals surface area contributed by atoms with E-state index in [1.165, 1.54) is 0 Å². The molecule has 0 heterocycles. The lowest BCUT2D eigenvalue weighted by molar-refractivity contribution is -0.0844.